The number of nitrogens with two attached hydrogens (primary N) is 1. The second kappa shape index (κ2) is 3.52. The van der Waals surface area contributed by atoms with Crippen LogP contribution in [0.15, 0.2) is 28.9 Å². The molecular weight excluding hydrogens is 219 g/mol. The smallest absolute Gasteiger partial charge is 0.287 e. The molecule has 0 bridgehead atoms. The molecule has 0 aliphatic rings. The van der Waals surface area contributed by atoms with Crippen LogP contribution in [0.5, 0.6) is 0 Å². The highest BCUT2D eigenvalue weighted by molar-refractivity contribution is 5.78. The van der Waals surface area contributed by atoms with Gasteiger partial charge in [0, 0.05) is 5.56 Å². The molecule has 1 atom stereocenters. The van der Waals surface area contributed by atoms with E-state index in [2.05, 4.69) is 0 Å². The lowest BCUT2D eigenvalue weighted by Gasteiger charge is -2.20. The third kappa shape index (κ3) is 1.57. The fraction of sp³-hybridized carbons (Fsp3) is 0.273. The highest BCUT2D eigenvalue weighted by Crippen LogP contribution is 2.33. The lowest BCUT2D eigenvalue weighted by Crippen LogP contribution is -2.35. The molecule has 2 N–H and O–H groups in total. The van der Waals surface area contributed by atoms with Crippen LogP contribution in [-0.4, -0.2) is 6.04 Å². The zero-order valence-corrected chi connectivity index (χ0v) is 8.51. The number of hydrogen-bond acceptors (Lipinski definition) is 2. The molecule has 2 rings (SSSR count). The van der Waals surface area contributed by atoms with E-state index < -0.39 is 17.8 Å². The molecule has 0 spiro atoms. The van der Waals surface area contributed by atoms with Crippen molar-refractivity contribution in [1.82, 2.24) is 0 Å². The van der Waals surface area contributed by atoms with Crippen LogP contribution in [0, 0.1) is 5.82 Å². The molecule has 1 aromatic carbocycles. The van der Waals surface area contributed by atoms with Gasteiger partial charge in [0.15, 0.2) is 5.82 Å². The van der Waals surface area contributed by atoms with Gasteiger partial charge in [-0.05, 0) is 19.1 Å². The summed E-state index contributed by atoms with van der Waals surface area (Å²) in [6, 6.07) is 2.22. The summed E-state index contributed by atoms with van der Waals surface area (Å²) < 4.78 is 44.9. The number of fused-ring (bicyclic) bond motifs is 1. The van der Waals surface area contributed by atoms with Crippen LogP contribution in [0.4, 0.5) is 13.2 Å². The van der Waals surface area contributed by atoms with E-state index in [0.717, 1.165) is 18.4 Å². The number of halogens is 3. The van der Waals surface area contributed by atoms with Gasteiger partial charge < -0.3 is 10.2 Å². The van der Waals surface area contributed by atoms with Crippen molar-refractivity contribution in [1.29, 1.82) is 0 Å². The van der Waals surface area contributed by atoms with Gasteiger partial charge in [0.25, 0.3) is 5.92 Å². The SMILES string of the molecule is CC(N)C(F)(F)c1ccc2c(F)coc2c1. The number of benzene rings is 1. The van der Waals surface area contributed by atoms with Crippen molar-refractivity contribution in [3.8, 4) is 0 Å². The van der Waals surface area contributed by atoms with Gasteiger partial charge in [0.1, 0.15) is 11.8 Å². The largest absolute Gasteiger partial charge is 0.461 e. The minimum atomic E-state index is -3.16. The Kier molecular flexibility index (Phi) is 2.42. The van der Waals surface area contributed by atoms with Crippen LogP contribution in [-0.2, 0) is 5.92 Å². The Hall–Kier alpha value is -1.49. The van der Waals surface area contributed by atoms with E-state index in [0.29, 0.717) is 0 Å². The Labute approximate surface area is 89.8 Å². The van der Waals surface area contributed by atoms with E-state index in [4.69, 9.17) is 10.2 Å². The Morgan fingerprint density at radius 2 is 2.06 bits per heavy atom. The number of furan rings is 1. The molecule has 2 nitrogen and oxygen atoms in total. The highest BCUT2D eigenvalue weighted by atomic mass is 19.3. The molecule has 0 fully saturated rings. The quantitative estimate of drug-likeness (QED) is 0.859. The molecule has 0 saturated carbocycles. The van der Waals surface area contributed by atoms with Crippen LogP contribution < -0.4 is 5.73 Å². The van der Waals surface area contributed by atoms with E-state index in [1.165, 1.54) is 13.0 Å². The van der Waals surface area contributed by atoms with Gasteiger partial charge >= 0.3 is 0 Å². The average molecular weight is 229 g/mol. The Morgan fingerprint density at radius 1 is 1.38 bits per heavy atom. The third-order valence-electron chi connectivity index (χ3n) is 2.49. The molecule has 0 aliphatic carbocycles. The molecule has 2 aromatic rings. The summed E-state index contributed by atoms with van der Waals surface area (Å²) >= 11 is 0. The normalized spacial score (nSPS) is 14.3. The van der Waals surface area contributed by atoms with Gasteiger partial charge in [-0.25, -0.2) is 4.39 Å². The van der Waals surface area contributed by atoms with Crippen molar-refractivity contribution in [2.45, 2.75) is 18.9 Å². The van der Waals surface area contributed by atoms with Crippen molar-refractivity contribution in [2.75, 3.05) is 0 Å². The van der Waals surface area contributed by atoms with Crippen molar-refractivity contribution in [3.05, 3.63) is 35.8 Å². The predicted molar refractivity (Wildman–Crippen MR) is 53.7 cm³/mol. The van der Waals surface area contributed by atoms with E-state index in [1.807, 2.05) is 0 Å². The molecule has 86 valence electrons. The highest BCUT2D eigenvalue weighted by Gasteiger charge is 2.36. The Balaban J connectivity index is 2.55. The number of hydrogen-bond donors (Lipinski definition) is 1. The summed E-state index contributed by atoms with van der Waals surface area (Å²) in [7, 11) is 0. The van der Waals surface area contributed by atoms with E-state index in [1.54, 1.807) is 0 Å². The molecule has 1 unspecified atom stereocenters. The first-order chi connectivity index (χ1) is 7.43. The summed E-state index contributed by atoms with van der Waals surface area (Å²) in [4.78, 5) is 0. The third-order valence-corrected chi connectivity index (χ3v) is 2.49. The summed E-state index contributed by atoms with van der Waals surface area (Å²) in [6.45, 7) is 1.22. The number of alkyl halides is 2. The fourth-order valence-electron chi connectivity index (χ4n) is 1.47. The maximum absolute atomic E-state index is 13.6. The second-order valence-corrected chi connectivity index (χ2v) is 3.71. The molecule has 0 amide bonds. The van der Waals surface area contributed by atoms with Crippen LogP contribution in [0.3, 0.4) is 0 Å². The zero-order chi connectivity index (χ0) is 11.9. The molecule has 1 heterocycles. The summed E-state index contributed by atoms with van der Waals surface area (Å²) in [5, 5.41) is 0.184. The standard InChI is InChI=1S/C11H10F3NO/c1-6(15)11(13,14)7-2-3-8-9(12)5-16-10(8)4-7/h2-6H,15H2,1H3. The zero-order valence-electron chi connectivity index (χ0n) is 8.51. The molecule has 0 saturated heterocycles. The molecular formula is C11H10F3NO. The van der Waals surface area contributed by atoms with E-state index in [-0.39, 0.29) is 16.5 Å². The van der Waals surface area contributed by atoms with Crippen LogP contribution >= 0.6 is 0 Å². The maximum Gasteiger partial charge on any atom is 0.287 e. The minimum absolute atomic E-state index is 0.0929. The molecule has 0 aliphatic heterocycles. The van der Waals surface area contributed by atoms with Gasteiger partial charge in [-0.2, -0.15) is 8.78 Å². The van der Waals surface area contributed by atoms with E-state index in [9.17, 15) is 13.2 Å². The first-order valence-electron chi connectivity index (χ1n) is 4.73. The molecule has 16 heavy (non-hydrogen) atoms. The average Bonchev–Trinajstić information content (AvgIpc) is 2.60. The minimum Gasteiger partial charge on any atom is -0.461 e. The lowest BCUT2D eigenvalue weighted by molar-refractivity contribution is -0.0255. The topological polar surface area (TPSA) is 39.2 Å². The first-order valence-corrected chi connectivity index (χ1v) is 4.73. The van der Waals surface area contributed by atoms with Crippen LogP contribution in [0.25, 0.3) is 11.0 Å². The van der Waals surface area contributed by atoms with Gasteiger partial charge in [0.2, 0.25) is 0 Å². The predicted octanol–water partition coefficient (Wildman–Crippen LogP) is 3.01. The second-order valence-electron chi connectivity index (χ2n) is 3.71. The first kappa shape index (κ1) is 11.0. The Morgan fingerprint density at radius 3 is 2.69 bits per heavy atom. The molecule has 0 radical (unpaired) electrons. The van der Waals surface area contributed by atoms with Gasteiger partial charge in [-0.15, -0.1) is 0 Å². The van der Waals surface area contributed by atoms with Gasteiger partial charge in [-0.3, -0.25) is 0 Å². The van der Waals surface area contributed by atoms with Crippen molar-refractivity contribution < 1.29 is 17.6 Å². The lowest BCUT2D eigenvalue weighted by atomic mass is 10.0. The van der Waals surface area contributed by atoms with Crippen molar-refractivity contribution >= 4 is 11.0 Å². The van der Waals surface area contributed by atoms with Crippen LogP contribution in [0.2, 0.25) is 0 Å². The fourth-order valence-corrected chi connectivity index (χ4v) is 1.47. The monoisotopic (exact) mass is 229 g/mol. The van der Waals surface area contributed by atoms with Gasteiger partial charge in [-0.1, -0.05) is 6.07 Å². The summed E-state index contributed by atoms with van der Waals surface area (Å²) in [6.07, 6.45) is 0.887. The maximum atomic E-state index is 13.6. The number of rotatable bonds is 2. The molecule has 5 heteroatoms. The van der Waals surface area contributed by atoms with E-state index >= 15 is 0 Å². The summed E-state index contributed by atoms with van der Waals surface area (Å²) in [5.41, 5.74) is 5.02. The van der Waals surface area contributed by atoms with Crippen LogP contribution in [0.1, 0.15) is 12.5 Å². The summed E-state index contributed by atoms with van der Waals surface area (Å²) in [5.74, 6) is -3.72. The van der Waals surface area contributed by atoms with Crippen molar-refractivity contribution in [2.24, 2.45) is 5.73 Å². The molecule has 1 aromatic heterocycles. The van der Waals surface area contributed by atoms with Gasteiger partial charge in [0.05, 0.1) is 11.4 Å². The Bertz CT molecular complexity index is 519. The van der Waals surface area contributed by atoms with Crippen molar-refractivity contribution in [3.63, 3.8) is 0 Å².